The fourth-order valence-electron chi connectivity index (χ4n) is 1.48. The maximum Gasteiger partial charge on any atom is 0.0945 e. The molecule has 0 atom stereocenters. The molecule has 0 bridgehead atoms. The maximum absolute atomic E-state index is 8.86. The number of aromatic nitrogens is 2. The molecule has 0 saturated heterocycles. The third-order valence-corrected chi connectivity index (χ3v) is 2.49. The van der Waals surface area contributed by atoms with Crippen LogP contribution in [0.15, 0.2) is 18.7 Å². The van der Waals surface area contributed by atoms with Gasteiger partial charge >= 0.3 is 0 Å². The number of aryl methyl sites for hydroxylation is 1. The molecule has 1 aromatic rings. The van der Waals surface area contributed by atoms with Crippen molar-refractivity contribution < 1.29 is 5.11 Å². The predicted molar refractivity (Wildman–Crippen MR) is 60.6 cm³/mol. The molecule has 1 aromatic heterocycles. The Kier molecular flexibility index (Phi) is 4.78. The fraction of sp³-hybridized carbons (Fsp3) is 0.727. The van der Waals surface area contributed by atoms with Gasteiger partial charge < -0.3 is 15.0 Å². The van der Waals surface area contributed by atoms with Crippen LogP contribution in [-0.4, -0.2) is 33.3 Å². The molecule has 4 nitrogen and oxygen atoms in total. The first kappa shape index (κ1) is 12.2. The molecule has 0 aromatic carbocycles. The molecule has 4 heteroatoms. The van der Waals surface area contributed by atoms with Gasteiger partial charge in [-0.3, -0.25) is 0 Å². The molecule has 0 saturated carbocycles. The van der Waals surface area contributed by atoms with Gasteiger partial charge in [0.2, 0.25) is 0 Å². The zero-order chi connectivity index (χ0) is 11.1. The number of rotatable bonds is 7. The highest BCUT2D eigenvalue weighted by atomic mass is 16.3. The van der Waals surface area contributed by atoms with Gasteiger partial charge in [-0.25, -0.2) is 4.98 Å². The standard InChI is InChI=1S/C11H21N3O/c1-11(2,4-9-15)13-5-3-7-14-8-6-12-10-14/h6,8,10,13,15H,3-5,7,9H2,1-2H3. The molecule has 0 aliphatic rings. The summed E-state index contributed by atoms with van der Waals surface area (Å²) in [7, 11) is 0. The molecule has 0 aliphatic carbocycles. The van der Waals surface area contributed by atoms with E-state index >= 15 is 0 Å². The molecule has 0 fully saturated rings. The van der Waals surface area contributed by atoms with Crippen molar-refractivity contribution in [3.05, 3.63) is 18.7 Å². The van der Waals surface area contributed by atoms with Crippen LogP contribution < -0.4 is 5.32 Å². The highest BCUT2D eigenvalue weighted by Crippen LogP contribution is 2.06. The molecule has 0 aliphatic heterocycles. The molecular weight excluding hydrogens is 190 g/mol. The zero-order valence-corrected chi connectivity index (χ0v) is 9.61. The highest BCUT2D eigenvalue weighted by Gasteiger charge is 2.14. The zero-order valence-electron chi connectivity index (χ0n) is 9.61. The van der Waals surface area contributed by atoms with E-state index in [4.69, 9.17) is 5.11 Å². The first-order chi connectivity index (χ1) is 7.14. The van der Waals surface area contributed by atoms with Crippen LogP contribution in [0.4, 0.5) is 0 Å². The van der Waals surface area contributed by atoms with E-state index < -0.39 is 0 Å². The Balaban J connectivity index is 2.11. The molecule has 0 radical (unpaired) electrons. The van der Waals surface area contributed by atoms with Gasteiger partial charge in [0, 0.05) is 31.1 Å². The lowest BCUT2D eigenvalue weighted by Gasteiger charge is -2.25. The largest absolute Gasteiger partial charge is 0.396 e. The summed E-state index contributed by atoms with van der Waals surface area (Å²) >= 11 is 0. The minimum absolute atomic E-state index is 0.0314. The van der Waals surface area contributed by atoms with Gasteiger partial charge in [0.1, 0.15) is 0 Å². The van der Waals surface area contributed by atoms with Crippen molar-refractivity contribution in [1.82, 2.24) is 14.9 Å². The fourth-order valence-corrected chi connectivity index (χ4v) is 1.48. The summed E-state index contributed by atoms with van der Waals surface area (Å²) in [6.07, 6.45) is 7.46. The lowest BCUT2D eigenvalue weighted by Crippen LogP contribution is -2.40. The van der Waals surface area contributed by atoms with Crippen LogP contribution in [0.5, 0.6) is 0 Å². The first-order valence-electron chi connectivity index (χ1n) is 5.46. The van der Waals surface area contributed by atoms with Gasteiger partial charge in [-0.15, -0.1) is 0 Å². The Morgan fingerprint density at radius 2 is 2.27 bits per heavy atom. The van der Waals surface area contributed by atoms with Crippen LogP contribution in [0.25, 0.3) is 0 Å². The summed E-state index contributed by atoms with van der Waals surface area (Å²) in [6.45, 7) is 6.41. The van der Waals surface area contributed by atoms with Crippen LogP contribution in [0, 0.1) is 0 Å². The molecule has 1 rings (SSSR count). The van der Waals surface area contributed by atoms with Crippen molar-refractivity contribution in [2.24, 2.45) is 0 Å². The second-order valence-corrected chi connectivity index (χ2v) is 4.44. The number of nitrogens with zero attached hydrogens (tertiary/aromatic N) is 2. The third-order valence-electron chi connectivity index (χ3n) is 2.49. The van der Waals surface area contributed by atoms with E-state index in [2.05, 4.69) is 28.7 Å². The number of aliphatic hydroxyl groups is 1. The van der Waals surface area contributed by atoms with Gasteiger partial charge in [0.25, 0.3) is 0 Å². The van der Waals surface area contributed by atoms with E-state index in [-0.39, 0.29) is 12.1 Å². The van der Waals surface area contributed by atoms with Gasteiger partial charge in [-0.05, 0) is 33.2 Å². The SMILES string of the molecule is CC(C)(CCO)NCCCn1ccnc1. The lowest BCUT2D eigenvalue weighted by atomic mass is 10.0. The van der Waals surface area contributed by atoms with E-state index in [9.17, 15) is 0 Å². The molecule has 0 spiro atoms. The van der Waals surface area contributed by atoms with Crippen LogP contribution in [0.2, 0.25) is 0 Å². The summed E-state index contributed by atoms with van der Waals surface area (Å²) in [5.41, 5.74) is 0.0314. The van der Waals surface area contributed by atoms with Crippen LogP contribution >= 0.6 is 0 Å². The van der Waals surface area contributed by atoms with Crippen molar-refractivity contribution in [2.75, 3.05) is 13.2 Å². The van der Waals surface area contributed by atoms with E-state index in [1.807, 2.05) is 12.5 Å². The van der Waals surface area contributed by atoms with Crippen molar-refractivity contribution in [3.63, 3.8) is 0 Å². The normalized spacial score (nSPS) is 11.9. The van der Waals surface area contributed by atoms with E-state index in [0.29, 0.717) is 0 Å². The summed E-state index contributed by atoms with van der Waals surface area (Å²) in [6, 6.07) is 0. The second kappa shape index (κ2) is 5.88. The molecule has 1 heterocycles. The van der Waals surface area contributed by atoms with Crippen LogP contribution in [-0.2, 0) is 6.54 Å². The highest BCUT2D eigenvalue weighted by molar-refractivity contribution is 4.77. The summed E-state index contributed by atoms with van der Waals surface area (Å²) in [5, 5.41) is 12.3. The third kappa shape index (κ3) is 4.95. The van der Waals surface area contributed by atoms with E-state index in [1.54, 1.807) is 6.20 Å². The number of nitrogens with one attached hydrogen (secondary N) is 1. The van der Waals surface area contributed by atoms with Crippen LogP contribution in [0.1, 0.15) is 26.7 Å². The smallest absolute Gasteiger partial charge is 0.0945 e. The number of imidazole rings is 1. The molecule has 0 unspecified atom stereocenters. The average molecular weight is 211 g/mol. The van der Waals surface area contributed by atoms with Crippen LogP contribution in [0.3, 0.4) is 0 Å². The minimum atomic E-state index is 0.0314. The molecular formula is C11H21N3O. The number of hydrogen-bond acceptors (Lipinski definition) is 3. The Labute approximate surface area is 91.3 Å². The van der Waals surface area contributed by atoms with Gasteiger partial charge in [-0.2, -0.15) is 0 Å². The molecule has 0 amide bonds. The molecule has 15 heavy (non-hydrogen) atoms. The minimum Gasteiger partial charge on any atom is -0.396 e. The van der Waals surface area contributed by atoms with E-state index in [1.165, 1.54) is 0 Å². The van der Waals surface area contributed by atoms with Crippen molar-refractivity contribution >= 4 is 0 Å². The van der Waals surface area contributed by atoms with Gasteiger partial charge in [0.05, 0.1) is 6.33 Å². The Hall–Kier alpha value is -0.870. The number of hydrogen-bond donors (Lipinski definition) is 2. The summed E-state index contributed by atoms with van der Waals surface area (Å²) < 4.78 is 2.07. The van der Waals surface area contributed by atoms with Gasteiger partial charge in [0.15, 0.2) is 0 Å². The van der Waals surface area contributed by atoms with Crippen molar-refractivity contribution in [3.8, 4) is 0 Å². The predicted octanol–water partition coefficient (Wildman–Crippen LogP) is 1.02. The maximum atomic E-state index is 8.86. The second-order valence-electron chi connectivity index (χ2n) is 4.44. The summed E-state index contributed by atoms with van der Waals surface area (Å²) in [4.78, 5) is 3.99. The molecule has 86 valence electrons. The van der Waals surface area contributed by atoms with Crippen molar-refractivity contribution in [2.45, 2.75) is 38.8 Å². The number of aliphatic hydroxyl groups excluding tert-OH is 1. The molecule has 2 N–H and O–H groups in total. The average Bonchev–Trinajstić information content (AvgIpc) is 2.65. The Morgan fingerprint density at radius 1 is 1.47 bits per heavy atom. The van der Waals surface area contributed by atoms with Crippen molar-refractivity contribution in [1.29, 1.82) is 0 Å². The van der Waals surface area contributed by atoms with E-state index in [0.717, 1.165) is 25.9 Å². The Bertz CT molecular complexity index is 257. The summed E-state index contributed by atoms with van der Waals surface area (Å²) in [5.74, 6) is 0. The monoisotopic (exact) mass is 211 g/mol. The Morgan fingerprint density at radius 3 is 2.87 bits per heavy atom. The van der Waals surface area contributed by atoms with Gasteiger partial charge in [-0.1, -0.05) is 0 Å². The first-order valence-corrected chi connectivity index (χ1v) is 5.46. The topological polar surface area (TPSA) is 50.1 Å². The lowest BCUT2D eigenvalue weighted by molar-refractivity contribution is 0.230. The quantitative estimate of drug-likeness (QED) is 0.662.